The van der Waals surface area contributed by atoms with Crippen LogP contribution in [0.3, 0.4) is 0 Å². The first-order valence-corrected chi connectivity index (χ1v) is 11.6. The number of rotatable bonds is 10. The fourth-order valence-electron chi connectivity index (χ4n) is 3.46. The lowest BCUT2D eigenvalue weighted by atomic mass is 10.0. The van der Waals surface area contributed by atoms with E-state index < -0.39 is 0 Å². The molecule has 160 valence electrons. The SMILES string of the molecule is CCCCCCc1cc(C(=O)c2ccccc2Cl)c(-n2c(C)nnc2CN(C)C)s1. The summed E-state index contributed by atoms with van der Waals surface area (Å²) in [6.45, 7) is 4.78. The zero-order valence-corrected chi connectivity index (χ0v) is 19.7. The largest absolute Gasteiger partial charge is 0.302 e. The first-order chi connectivity index (χ1) is 14.4. The van der Waals surface area contributed by atoms with Crippen LogP contribution in [-0.2, 0) is 13.0 Å². The lowest BCUT2D eigenvalue weighted by Gasteiger charge is -2.12. The van der Waals surface area contributed by atoms with Gasteiger partial charge in [-0.2, -0.15) is 0 Å². The molecule has 0 fully saturated rings. The lowest BCUT2D eigenvalue weighted by Crippen LogP contribution is -2.16. The number of hydrogen-bond acceptors (Lipinski definition) is 5. The Kier molecular flexibility index (Phi) is 7.81. The van der Waals surface area contributed by atoms with Crippen molar-refractivity contribution in [2.45, 2.75) is 52.5 Å². The first kappa shape index (κ1) is 22.7. The predicted molar refractivity (Wildman–Crippen MR) is 124 cm³/mol. The molecule has 0 radical (unpaired) electrons. The molecule has 0 aliphatic heterocycles. The number of carbonyl (C=O) groups excluding carboxylic acids is 1. The number of thiophene rings is 1. The maximum Gasteiger partial charge on any atom is 0.197 e. The van der Waals surface area contributed by atoms with Crippen LogP contribution in [0.2, 0.25) is 5.02 Å². The molecule has 5 nitrogen and oxygen atoms in total. The standard InChI is InChI=1S/C23H29ClN4OS/c1-5-6-7-8-11-17-14-19(22(29)18-12-9-10-13-20(18)24)23(30-17)28-16(2)25-26-21(28)15-27(3)4/h9-10,12-14H,5-8,11,15H2,1-4H3. The number of benzene rings is 1. The zero-order valence-electron chi connectivity index (χ0n) is 18.1. The summed E-state index contributed by atoms with van der Waals surface area (Å²) in [5, 5.41) is 10.00. The summed E-state index contributed by atoms with van der Waals surface area (Å²) < 4.78 is 2.02. The normalized spacial score (nSPS) is 11.4. The Morgan fingerprint density at radius 2 is 1.90 bits per heavy atom. The smallest absolute Gasteiger partial charge is 0.197 e. The van der Waals surface area contributed by atoms with Gasteiger partial charge in [-0.1, -0.05) is 49.9 Å². The van der Waals surface area contributed by atoms with Crippen LogP contribution in [0.1, 0.15) is 65.1 Å². The van der Waals surface area contributed by atoms with Crippen molar-refractivity contribution in [3.8, 4) is 5.00 Å². The number of halogens is 1. The molecule has 0 bridgehead atoms. The van der Waals surface area contributed by atoms with Gasteiger partial charge < -0.3 is 4.90 Å². The van der Waals surface area contributed by atoms with E-state index >= 15 is 0 Å². The van der Waals surface area contributed by atoms with Crippen LogP contribution >= 0.6 is 22.9 Å². The predicted octanol–water partition coefficient (Wildman–Crippen LogP) is 5.71. The van der Waals surface area contributed by atoms with Crippen molar-refractivity contribution in [2.75, 3.05) is 14.1 Å². The molecular weight excluding hydrogens is 416 g/mol. The average Bonchev–Trinajstić information content (AvgIpc) is 3.28. The van der Waals surface area contributed by atoms with Crippen LogP contribution in [0.4, 0.5) is 0 Å². The molecule has 3 rings (SSSR count). The van der Waals surface area contributed by atoms with Gasteiger partial charge >= 0.3 is 0 Å². The van der Waals surface area contributed by atoms with Crippen molar-refractivity contribution in [1.29, 1.82) is 0 Å². The Morgan fingerprint density at radius 3 is 2.60 bits per heavy atom. The highest BCUT2D eigenvalue weighted by Crippen LogP contribution is 2.33. The number of nitrogens with zero attached hydrogens (tertiary/aromatic N) is 4. The van der Waals surface area contributed by atoms with Crippen LogP contribution in [-0.4, -0.2) is 39.5 Å². The van der Waals surface area contributed by atoms with Gasteiger partial charge in [0.1, 0.15) is 10.8 Å². The summed E-state index contributed by atoms with van der Waals surface area (Å²) in [6.07, 6.45) is 5.74. The number of carbonyl (C=O) groups is 1. The monoisotopic (exact) mass is 444 g/mol. The molecule has 0 saturated heterocycles. The van der Waals surface area contributed by atoms with Gasteiger partial charge in [0.25, 0.3) is 0 Å². The van der Waals surface area contributed by atoms with E-state index in [0.717, 1.165) is 29.5 Å². The second kappa shape index (κ2) is 10.3. The van der Waals surface area contributed by atoms with E-state index in [1.165, 1.54) is 24.1 Å². The van der Waals surface area contributed by atoms with E-state index in [2.05, 4.69) is 22.0 Å². The van der Waals surface area contributed by atoms with Crippen LogP contribution in [0.5, 0.6) is 0 Å². The van der Waals surface area contributed by atoms with Gasteiger partial charge in [-0.3, -0.25) is 9.36 Å². The van der Waals surface area contributed by atoms with Crippen LogP contribution in [0.15, 0.2) is 30.3 Å². The van der Waals surface area contributed by atoms with Crippen LogP contribution in [0.25, 0.3) is 5.00 Å². The molecule has 0 amide bonds. The minimum absolute atomic E-state index is 0.0597. The summed E-state index contributed by atoms with van der Waals surface area (Å²) in [5.41, 5.74) is 1.19. The van der Waals surface area contributed by atoms with Crippen molar-refractivity contribution in [1.82, 2.24) is 19.7 Å². The molecule has 0 aliphatic rings. The summed E-state index contributed by atoms with van der Waals surface area (Å²) >= 11 is 8.01. The first-order valence-electron chi connectivity index (χ1n) is 10.4. The van der Waals surface area contributed by atoms with Crippen molar-refractivity contribution in [2.24, 2.45) is 0 Å². The van der Waals surface area contributed by atoms with Gasteiger partial charge in [0, 0.05) is 10.4 Å². The van der Waals surface area contributed by atoms with E-state index in [1.807, 2.05) is 43.8 Å². The van der Waals surface area contributed by atoms with Gasteiger partial charge in [-0.25, -0.2) is 0 Å². The molecule has 0 saturated carbocycles. The minimum atomic E-state index is -0.0597. The summed E-state index contributed by atoms with van der Waals surface area (Å²) in [4.78, 5) is 16.7. The fraction of sp³-hybridized carbons (Fsp3) is 0.435. The number of unbranched alkanes of at least 4 members (excludes halogenated alkanes) is 3. The Labute approximate surface area is 187 Å². The number of hydrogen-bond donors (Lipinski definition) is 0. The number of ketones is 1. The molecular formula is C23H29ClN4OS. The van der Waals surface area contributed by atoms with Gasteiger partial charge in [-0.15, -0.1) is 21.5 Å². The summed E-state index contributed by atoms with van der Waals surface area (Å²) in [5.74, 6) is 1.54. The zero-order chi connectivity index (χ0) is 21.7. The van der Waals surface area contributed by atoms with Gasteiger partial charge in [0.2, 0.25) is 0 Å². The third-order valence-electron chi connectivity index (χ3n) is 4.96. The quantitative estimate of drug-likeness (QED) is 0.297. The Balaban J connectivity index is 2.05. The second-order valence-corrected chi connectivity index (χ2v) is 9.31. The fourth-order valence-corrected chi connectivity index (χ4v) is 4.94. The van der Waals surface area contributed by atoms with E-state index in [4.69, 9.17) is 11.6 Å². The molecule has 3 aromatic rings. The molecule has 7 heteroatoms. The average molecular weight is 445 g/mol. The Morgan fingerprint density at radius 1 is 1.13 bits per heavy atom. The highest BCUT2D eigenvalue weighted by atomic mass is 35.5. The van der Waals surface area contributed by atoms with Crippen molar-refractivity contribution >= 4 is 28.7 Å². The van der Waals surface area contributed by atoms with E-state index in [-0.39, 0.29) is 5.78 Å². The van der Waals surface area contributed by atoms with Gasteiger partial charge in [0.05, 0.1) is 17.1 Å². The van der Waals surface area contributed by atoms with E-state index in [1.54, 1.807) is 23.5 Å². The molecule has 0 unspecified atom stereocenters. The molecule has 2 heterocycles. The Bertz CT molecular complexity index is 1010. The summed E-state index contributed by atoms with van der Waals surface area (Å²) in [6, 6.07) is 9.27. The topological polar surface area (TPSA) is 51.0 Å². The molecule has 1 aromatic carbocycles. The van der Waals surface area contributed by atoms with Gasteiger partial charge in [-0.05, 0) is 52.1 Å². The molecule has 0 aliphatic carbocycles. The molecule has 0 N–H and O–H groups in total. The second-order valence-electron chi connectivity index (χ2n) is 7.79. The highest BCUT2D eigenvalue weighted by molar-refractivity contribution is 7.15. The number of aromatic nitrogens is 3. The maximum absolute atomic E-state index is 13.5. The van der Waals surface area contributed by atoms with Crippen molar-refractivity contribution < 1.29 is 4.79 Å². The molecule has 2 aromatic heterocycles. The molecule has 30 heavy (non-hydrogen) atoms. The highest BCUT2D eigenvalue weighted by Gasteiger charge is 2.24. The van der Waals surface area contributed by atoms with Crippen LogP contribution in [0, 0.1) is 6.92 Å². The van der Waals surface area contributed by atoms with Crippen molar-refractivity contribution in [3.63, 3.8) is 0 Å². The van der Waals surface area contributed by atoms with Crippen LogP contribution < -0.4 is 0 Å². The Hall–Kier alpha value is -2.02. The number of aryl methyl sites for hydroxylation is 2. The molecule has 0 spiro atoms. The molecule has 0 atom stereocenters. The minimum Gasteiger partial charge on any atom is -0.302 e. The van der Waals surface area contributed by atoms with E-state index in [9.17, 15) is 4.79 Å². The maximum atomic E-state index is 13.5. The lowest BCUT2D eigenvalue weighted by molar-refractivity contribution is 0.103. The summed E-state index contributed by atoms with van der Waals surface area (Å²) in [7, 11) is 4.00. The van der Waals surface area contributed by atoms with Crippen molar-refractivity contribution in [3.05, 3.63) is 63.0 Å². The van der Waals surface area contributed by atoms with Gasteiger partial charge in [0.15, 0.2) is 11.6 Å². The van der Waals surface area contributed by atoms with E-state index in [0.29, 0.717) is 22.7 Å². The third kappa shape index (κ3) is 5.17. The third-order valence-corrected chi connectivity index (χ3v) is 6.47.